The van der Waals surface area contributed by atoms with Crippen LogP contribution in [0.15, 0.2) is 36.4 Å². The van der Waals surface area contributed by atoms with Gasteiger partial charge in [0.05, 0.1) is 16.6 Å². The summed E-state index contributed by atoms with van der Waals surface area (Å²) in [6, 6.07) is 11.0. The molecule has 2 N–H and O–H groups in total. The number of fused-ring (bicyclic) bond motifs is 1. The molecule has 0 radical (unpaired) electrons. The molecule has 4 nitrogen and oxygen atoms in total. The second-order valence-corrected chi connectivity index (χ2v) is 5.04. The van der Waals surface area contributed by atoms with Crippen LogP contribution >= 0.6 is 23.2 Å². The third kappa shape index (κ3) is 2.50. The molecule has 0 aliphatic heterocycles. The van der Waals surface area contributed by atoms with Crippen LogP contribution in [0.5, 0.6) is 0 Å². The molecule has 96 valence electrons. The van der Waals surface area contributed by atoms with Gasteiger partial charge in [-0.15, -0.1) is 0 Å². The van der Waals surface area contributed by atoms with Gasteiger partial charge in [-0.3, -0.25) is 0 Å². The van der Waals surface area contributed by atoms with Gasteiger partial charge in [0, 0.05) is 5.69 Å². The van der Waals surface area contributed by atoms with Gasteiger partial charge in [-0.2, -0.15) is 15.0 Å². The van der Waals surface area contributed by atoms with Crippen LogP contribution in [0.2, 0.25) is 10.0 Å². The van der Waals surface area contributed by atoms with Crippen LogP contribution in [0.4, 0.5) is 5.69 Å². The monoisotopic (exact) mass is 292 g/mol. The Kier molecular flexibility index (Phi) is 3.05. The zero-order chi connectivity index (χ0) is 13.4. The molecule has 0 spiro atoms. The first-order chi connectivity index (χ1) is 9.11. The first-order valence-electron chi connectivity index (χ1n) is 5.66. The molecule has 0 unspecified atom stereocenters. The van der Waals surface area contributed by atoms with E-state index in [4.69, 9.17) is 28.9 Å². The highest BCUT2D eigenvalue weighted by atomic mass is 35.5. The Labute approximate surface area is 119 Å². The molecule has 3 aromatic rings. The lowest BCUT2D eigenvalue weighted by molar-refractivity contribution is 0.600. The van der Waals surface area contributed by atoms with Gasteiger partial charge in [0.2, 0.25) is 0 Å². The molecular weight excluding hydrogens is 283 g/mol. The summed E-state index contributed by atoms with van der Waals surface area (Å²) in [5, 5.41) is 9.69. The van der Waals surface area contributed by atoms with E-state index >= 15 is 0 Å². The molecular formula is C13H10Cl2N4. The summed E-state index contributed by atoms with van der Waals surface area (Å²) in [4.78, 5) is 1.61. The number of nitrogens with zero attached hydrogens (tertiary/aromatic N) is 3. The molecule has 0 saturated carbocycles. The zero-order valence-corrected chi connectivity index (χ0v) is 11.4. The first kappa shape index (κ1) is 12.3. The van der Waals surface area contributed by atoms with Crippen LogP contribution < -0.4 is 5.73 Å². The number of aromatic nitrogens is 3. The van der Waals surface area contributed by atoms with Crippen LogP contribution in [0.25, 0.3) is 11.0 Å². The van der Waals surface area contributed by atoms with E-state index in [9.17, 15) is 0 Å². The van der Waals surface area contributed by atoms with Gasteiger partial charge in [0.25, 0.3) is 0 Å². The summed E-state index contributed by atoms with van der Waals surface area (Å²) in [7, 11) is 0. The number of rotatable bonds is 2. The number of anilines is 1. The van der Waals surface area contributed by atoms with Crippen molar-refractivity contribution in [2.24, 2.45) is 0 Å². The van der Waals surface area contributed by atoms with E-state index in [0.717, 1.165) is 22.3 Å². The predicted molar refractivity (Wildman–Crippen MR) is 77.5 cm³/mol. The Bertz CT molecular complexity index is 695. The summed E-state index contributed by atoms with van der Waals surface area (Å²) in [5.74, 6) is 0. The fourth-order valence-corrected chi connectivity index (χ4v) is 2.13. The van der Waals surface area contributed by atoms with Crippen molar-refractivity contribution in [1.29, 1.82) is 0 Å². The van der Waals surface area contributed by atoms with E-state index in [0.29, 0.717) is 16.6 Å². The standard InChI is InChI=1S/C13H10Cl2N4/c14-10-5-12-13(6-11(10)15)18-19(17-12)7-8-1-3-9(16)4-2-8/h1-6H,7,16H2. The molecule has 0 bridgehead atoms. The van der Waals surface area contributed by atoms with Gasteiger partial charge in [0.1, 0.15) is 11.0 Å². The molecule has 0 aliphatic carbocycles. The number of benzene rings is 2. The van der Waals surface area contributed by atoms with Crippen LogP contribution in [-0.2, 0) is 6.54 Å². The average Bonchev–Trinajstić information content (AvgIpc) is 2.74. The van der Waals surface area contributed by atoms with Crippen molar-refractivity contribution in [3.8, 4) is 0 Å². The van der Waals surface area contributed by atoms with Crippen molar-refractivity contribution in [1.82, 2.24) is 15.0 Å². The van der Waals surface area contributed by atoms with E-state index in [-0.39, 0.29) is 0 Å². The summed E-state index contributed by atoms with van der Waals surface area (Å²) in [6.07, 6.45) is 0. The molecule has 0 saturated heterocycles. The Hall–Kier alpha value is -1.78. The Morgan fingerprint density at radius 1 is 0.947 bits per heavy atom. The number of nitrogens with two attached hydrogens (primary N) is 1. The topological polar surface area (TPSA) is 56.7 Å². The van der Waals surface area contributed by atoms with Gasteiger partial charge in [0.15, 0.2) is 0 Å². The second-order valence-electron chi connectivity index (χ2n) is 4.23. The molecule has 0 amide bonds. The quantitative estimate of drug-likeness (QED) is 0.737. The zero-order valence-electron chi connectivity index (χ0n) is 9.85. The molecule has 1 heterocycles. The van der Waals surface area contributed by atoms with E-state index in [1.54, 1.807) is 16.9 Å². The van der Waals surface area contributed by atoms with E-state index in [1.165, 1.54) is 0 Å². The van der Waals surface area contributed by atoms with Crippen molar-refractivity contribution < 1.29 is 0 Å². The van der Waals surface area contributed by atoms with E-state index in [1.807, 2.05) is 24.3 Å². The van der Waals surface area contributed by atoms with Crippen molar-refractivity contribution in [2.45, 2.75) is 6.54 Å². The van der Waals surface area contributed by atoms with Gasteiger partial charge >= 0.3 is 0 Å². The predicted octanol–water partition coefficient (Wildman–Crippen LogP) is 3.37. The third-order valence-corrected chi connectivity index (χ3v) is 3.49. The van der Waals surface area contributed by atoms with Crippen LogP contribution in [0, 0.1) is 0 Å². The van der Waals surface area contributed by atoms with Crippen molar-refractivity contribution in [2.75, 3.05) is 5.73 Å². The Morgan fingerprint density at radius 2 is 1.47 bits per heavy atom. The fourth-order valence-electron chi connectivity index (χ4n) is 1.81. The van der Waals surface area contributed by atoms with Gasteiger partial charge < -0.3 is 5.73 Å². The minimum Gasteiger partial charge on any atom is -0.399 e. The minimum absolute atomic E-state index is 0.480. The largest absolute Gasteiger partial charge is 0.399 e. The van der Waals surface area contributed by atoms with Crippen molar-refractivity contribution in [3.63, 3.8) is 0 Å². The number of nitrogen functional groups attached to an aromatic ring is 1. The van der Waals surface area contributed by atoms with E-state index < -0.39 is 0 Å². The maximum Gasteiger partial charge on any atom is 0.114 e. The molecule has 0 atom stereocenters. The second kappa shape index (κ2) is 4.72. The summed E-state index contributed by atoms with van der Waals surface area (Å²) >= 11 is 11.9. The number of hydrogen-bond acceptors (Lipinski definition) is 3. The third-order valence-electron chi connectivity index (χ3n) is 2.77. The molecule has 3 rings (SSSR count). The molecule has 0 fully saturated rings. The lowest BCUT2D eigenvalue weighted by Crippen LogP contribution is -2.03. The lowest BCUT2D eigenvalue weighted by Gasteiger charge is -2.00. The summed E-state index contributed by atoms with van der Waals surface area (Å²) in [5.41, 5.74) is 8.91. The van der Waals surface area contributed by atoms with Gasteiger partial charge in [-0.25, -0.2) is 0 Å². The highest BCUT2D eigenvalue weighted by Gasteiger charge is 2.07. The number of halogens is 2. The normalized spacial score (nSPS) is 11.1. The number of hydrogen-bond donors (Lipinski definition) is 1. The van der Waals surface area contributed by atoms with Crippen LogP contribution in [-0.4, -0.2) is 15.0 Å². The first-order valence-corrected chi connectivity index (χ1v) is 6.42. The molecule has 6 heteroatoms. The highest BCUT2D eigenvalue weighted by molar-refractivity contribution is 6.42. The van der Waals surface area contributed by atoms with Gasteiger partial charge in [-0.1, -0.05) is 35.3 Å². The maximum absolute atomic E-state index is 5.95. The van der Waals surface area contributed by atoms with Crippen molar-refractivity contribution in [3.05, 3.63) is 52.0 Å². The van der Waals surface area contributed by atoms with Crippen LogP contribution in [0.1, 0.15) is 5.56 Å². The molecule has 1 aromatic heterocycles. The fraction of sp³-hybridized carbons (Fsp3) is 0.0769. The lowest BCUT2D eigenvalue weighted by atomic mass is 10.2. The maximum atomic E-state index is 5.95. The van der Waals surface area contributed by atoms with Crippen LogP contribution in [0.3, 0.4) is 0 Å². The SMILES string of the molecule is Nc1ccc(Cn2nc3cc(Cl)c(Cl)cc3n2)cc1. The summed E-state index contributed by atoms with van der Waals surface area (Å²) < 4.78 is 0. The van der Waals surface area contributed by atoms with E-state index in [2.05, 4.69) is 10.2 Å². The Balaban J connectivity index is 1.95. The van der Waals surface area contributed by atoms with Gasteiger partial charge in [-0.05, 0) is 29.8 Å². The highest BCUT2D eigenvalue weighted by Crippen LogP contribution is 2.25. The van der Waals surface area contributed by atoms with Crippen molar-refractivity contribution >= 4 is 39.9 Å². The smallest absolute Gasteiger partial charge is 0.114 e. The molecule has 19 heavy (non-hydrogen) atoms. The Morgan fingerprint density at radius 3 is 2.00 bits per heavy atom. The average molecular weight is 293 g/mol. The molecule has 0 aliphatic rings. The molecule has 2 aromatic carbocycles. The summed E-state index contributed by atoms with van der Waals surface area (Å²) in [6.45, 7) is 0.574. The minimum atomic E-state index is 0.480.